The monoisotopic (exact) mass is 588 g/mol. The van der Waals surface area contributed by atoms with Crippen LogP contribution in [0.3, 0.4) is 0 Å². The highest BCUT2D eigenvalue weighted by atomic mass is 15.0. The smallest absolute Gasteiger partial charge is 0.0702 e. The van der Waals surface area contributed by atoms with Gasteiger partial charge in [0.25, 0.3) is 0 Å². The van der Waals surface area contributed by atoms with Crippen molar-refractivity contribution in [3.05, 3.63) is 169 Å². The number of hydrogen-bond donors (Lipinski definition) is 0. The number of rotatable bonds is 4. The predicted molar refractivity (Wildman–Crippen MR) is 192 cm³/mol. The minimum absolute atomic E-state index is 0.223. The molecule has 1 aliphatic heterocycles. The van der Waals surface area contributed by atoms with Crippen LogP contribution in [0.25, 0.3) is 72.1 Å². The average Bonchev–Trinajstić information content (AvgIpc) is 3.45. The first-order valence-electron chi connectivity index (χ1n) is 16.0. The van der Waals surface area contributed by atoms with Crippen LogP contribution in [0.4, 0.5) is 0 Å². The molecule has 0 N–H and O–H groups in total. The molecule has 0 amide bonds. The van der Waals surface area contributed by atoms with Crippen LogP contribution in [0.1, 0.15) is 25.0 Å². The van der Waals surface area contributed by atoms with E-state index in [0.29, 0.717) is 0 Å². The maximum absolute atomic E-state index is 4.60. The molecule has 2 nitrogen and oxygen atoms in total. The van der Waals surface area contributed by atoms with Gasteiger partial charge in [-0.1, -0.05) is 111 Å². The van der Waals surface area contributed by atoms with Gasteiger partial charge in [-0.2, -0.15) is 0 Å². The van der Waals surface area contributed by atoms with Crippen LogP contribution >= 0.6 is 0 Å². The molecule has 3 heterocycles. The summed E-state index contributed by atoms with van der Waals surface area (Å²) in [7, 11) is 0. The fourth-order valence-electron chi connectivity index (χ4n) is 7.43. The van der Waals surface area contributed by atoms with E-state index in [9.17, 15) is 0 Å². The summed E-state index contributed by atoms with van der Waals surface area (Å²) in [5.41, 5.74) is 15.7. The molecule has 0 saturated carbocycles. The minimum atomic E-state index is -0.223. The lowest BCUT2D eigenvalue weighted by molar-refractivity contribution is 0.630. The normalized spacial score (nSPS) is 13.2. The second-order valence-corrected chi connectivity index (χ2v) is 12.9. The second kappa shape index (κ2) is 10.2. The third-order valence-electron chi connectivity index (χ3n) is 9.82. The standard InChI is InChI=1S/C44H32N2/c1-44(2)38-27-33(31-16-11-17-34(24-31)40-18-9-10-23-45-40)20-22-42(38)46-41-21-19-32(29-12-5-3-6-13-29)25-36(41)37-26-35(28-39(44)43(37)46)30-14-7-4-8-15-30/h3-28H,1-2H3. The zero-order chi connectivity index (χ0) is 30.8. The van der Waals surface area contributed by atoms with Gasteiger partial charge in [-0.25, -0.2) is 0 Å². The van der Waals surface area contributed by atoms with Crippen molar-refractivity contribution in [2.45, 2.75) is 19.3 Å². The van der Waals surface area contributed by atoms with Crippen LogP contribution in [0, 0.1) is 0 Å². The highest BCUT2D eigenvalue weighted by Crippen LogP contribution is 2.50. The maximum Gasteiger partial charge on any atom is 0.0702 e. The fraction of sp³-hybridized carbons (Fsp3) is 0.0682. The molecule has 0 fully saturated rings. The van der Waals surface area contributed by atoms with Gasteiger partial charge in [-0.05, 0) is 99.1 Å². The van der Waals surface area contributed by atoms with Crippen molar-refractivity contribution in [2.24, 2.45) is 0 Å². The van der Waals surface area contributed by atoms with Crippen LogP contribution in [0.2, 0.25) is 0 Å². The number of hydrogen-bond acceptors (Lipinski definition) is 1. The lowest BCUT2D eigenvalue weighted by Gasteiger charge is -2.35. The molecule has 0 aliphatic carbocycles. The van der Waals surface area contributed by atoms with Gasteiger partial charge in [-0.15, -0.1) is 0 Å². The van der Waals surface area contributed by atoms with Crippen LogP contribution in [0.5, 0.6) is 0 Å². The summed E-state index contributed by atoms with van der Waals surface area (Å²) in [4.78, 5) is 4.60. The SMILES string of the molecule is CC1(C)c2cc(-c3cccc(-c4ccccn4)c3)ccc2-n2c3ccc(-c4ccccc4)cc3c3cc(-c4ccccc4)cc1c32. The van der Waals surface area contributed by atoms with Crippen molar-refractivity contribution < 1.29 is 0 Å². The summed E-state index contributed by atoms with van der Waals surface area (Å²) in [5, 5.41) is 2.58. The molecule has 2 aromatic heterocycles. The van der Waals surface area contributed by atoms with Gasteiger partial charge in [0.05, 0.1) is 22.4 Å². The summed E-state index contributed by atoms with van der Waals surface area (Å²) in [5.74, 6) is 0. The van der Waals surface area contributed by atoms with Crippen LogP contribution < -0.4 is 0 Å². The molecule has 0 bridgehead atoms. The van der Waals surface area contributed by atoms with E-state index in [4.69, 9.17) is 0 Å². The molecule has 46 heavy (non-hydrogen) atoms. The van der Waals surface area contributed by atoms with E-state index in [1.54, 1.807) is 0 Å². The zero-order valence-corrected chi connectivity index (χ0v) is 25.9. The zero-order valence-electron chi connectivity index (χ0n) is 25.9. The van der Waals surface area contributed by atoms with Crippen molar-refractivity contribution in [2.75, 3.05) is 0 Å². The number of benzene rings is 6. The molecule has 0 unspecified atom stereocenters. The highest BCUT2D eigenvalue weighted by molar-refractivity contribution is 6.14. The van der Waals surface area contributed by atoms with E-state index in [0.717, 1.165) is 11.3 Å². The third kappa shape index (κ3) is 4.07. The molecule has 0 atom stereocenters. The molecule has 0 spiro atoms. The second-order valence-electron chi connectivity index (χ2n) is 12.9. The molecule has 0 radical (unpaired) electrons. The van der Waals surface area contributed by atoms with E-state index in [2.05, 4.69) is 163 Å². The van der Waals surface area contributed by atoms with Crippen LogP contribution in [-0.4, -0.2) is 9.55 Å². The van der Waals surface area contributed by atoms with Gasteiger partial charge < -0.3 is 4.57 Å². The number of aromatic nitrogens is 2. The molecular weight excluding hydrogens is 556 g/mol. The first-order chi connectivity index (χ1) is 22.6. The quantitative estimate of drug-likeness (QED) is 0.200. The van der Waals surface area contributed by atoms with Crippen molar-refractivity contribution in [3.63, 3.8) is 0 Å². The predicted octanol–water partition coefficient (Wildman–Crippen LogP) is 11.5. The Kier molecular flexibility index (Phi) is 5.88. The third-order valence-corrected chi connectivity index (χ3v) is 9.82. The van der Waals surface area contributed by atoms with Gasteiger partial charge in [0, 0.05) is 27.9 Å². The molecule has 0 saturated heterocycles. The van der Waals surface area contributed by atoms with Crippen molar-refractivity contribution in [1.82, 2.24) is 9.55 Å². The Morgan fingerprint density at radius 3 is 1.83 bits per heavy atom. The Bertz CT molecular complexity index is 2420. The first kappa shape index (κ1) is 26.7. The molecule has 6 aromatic carbocycles. The van der Waals surface area contributed by atoms with Crippen molar-refractivity contribution in [1.29, 1.82) is 0 Å². The lowest BCUT2D eigenvalue weighted by atomic mass is 9.73. The molecule has 218 valence electrons. The summed E-state index contributed by atoms with van der Waals surface area (Å²) in [6.45, 7) is 4.78. The molecule has 1 aliphatic rings. The van der Waals surface area contributed by atoms with E-state index in [1.165, 1.54) is 72.0 Å². The summed E-state index contributed by atoms with van der Waals surface area (Å²) < 4.78 is 2.51. The summed E-state index contributed by atoms with van der Waals surface area (Å²) in [6.07, 6.45) is 1.86. The Balaban J connectivity index is 1.30. The average molecular weight is 589 g/mol. The number of fused-ring (bicyclic) bond motifs is 5. The van der Waals surface area contributed by atoms with E-state index in [1.807, 2.05) is 18.3 Å². The Hall–Kier alpha value is -5.73. The number of nitrogens with zero attached hydrogens (tertiary/aromatic N) is 2. The van der Waals surface area contributed by atoms with Crippen LogP contribution in [0.15, 0.2) is 158 Å². The van der Waals surface area contributed by atoms with E-state index >= 15 is 0 Å². The first-order valence-corrected chi connectivity index (χ1v) is 16.0. The Morgan fingerprint density at radius 1 is 0.457 bits per heavy atom. The highest BCUT2D eigenvalue weighted by Gasteiger charge is 2.36. The maximum atomic E-state index is 4.60. The van der Waals surface area contributed by atoms with Crippen molar-refractivity contribution in [3.8, 4) is 50.3 Å². The summed E-state index contributed by atoms with van der Waals surface area (Å²) in [6, 6.07) is 55.2. The molecular formula is C44H32N2. The summed E-state index contributed by atoms with van der Waals surface area (Å²) >= 11 is 0. The Labute approximate surface area is 269 Å². The van der Waals surface area contributed by atoms with E-state index in [-0.39, 0.29) is 5.41 Å². The Morgan fingerprint density at radius 2 is 1.07 bits per heavy atom. The molecule has 9 rings (SSSR count). The lowest BCUT2D eigenvalue weighted by Crippen LogP contribution is -2.26. The van der Waals surface area contributed by atoms with Gasteiger partial charge in [-0.3, -0.25) is 4.98 Å². The van der Waals surface area contributed by atoms with Gasteiger partial charge >= 0.3 is 0 Å². The molecule has 8 aromatic rings. The fourth-order valence-corrected chi connectivity index (χ4v) is 7.43. The van der Waals surface area contributed by atoms with Crippen molar-refractivity contribution >= 4 is 21.8 Å². The van der Waals surface area contributed by atoms with Gasteiger partial charge in [0.15, 0.2) is 0 Å². The topological polar surface area (TPSA) is 17.8 Å². The van der Waals surface area contributed by atoms with Crippen LogP contribution in [-0.2, 0) is 5.41 Å². The minimum Gasteiger partial charge on any atom is -0.309 e. The van der Waals surface area contributed by atoms with E-state index < -0.39 is 0 Å². The largest absolute Gasteiger partial charge is 0.309 e. The molecule has 2 heteroatoms. The van der Waals surface area contributed by atoms with Gasteiger partial charge in [0.1, 0.15) is 0 Å². The number of pyridine rings is 1. The van der Waals surface area contributed by atoms with Gasteiger partial charge in [0.2, 0.25) is 0 Å².